The van der Waals surface area contributed by atoms with Crippen molar-refractivity contribution in [3.63, 3.8) is 0 Å². The minimum absolute atomic E-state index is 0.0432. The van der Waals surface area contributed by atoms with Gasteiger partial charge in [0.05, 0.1) is 6.42 Å². The second-order valence-electron chi connectivity index (χ2n) is 8.61. The maximum Gasteiger partial charge on any atom is 0.243 e. The first kappa shape index (κ1) is 24.2. The van der Waals surface area contributed by atoms with Crippen LogP contribution in [0.3, 0.4) is 0 Å². The number of carbonyl (C=O) groups excluding carboxylic acids is 2. The van der Waals surface area contributed by atoms with Crippen LogP contribution in [0.5, 0.6) is 0 Å². The first-order chi connectivity index (χ1) is 16.0. The minimum Gasteiger partial charge on any atom is -0.354 e. The van der Waals surface area contributed by atoms with Gasteiger partial charge in [0.25, 0.3) is 0 Å². The lowest BCUT2D eigenvalue weighted by Gasteiger charge is -2.32. The third-order valence-corrected chi connectivity index (χ3v) is 5.86. The zero-order valence-corrected chi connectivity index (χ0v) is 19.9. The molecule has 0 fully saturated rings. The van der Waals surface area contributed by atoms with Gasteiger partial charge < -0.3 is 10.2 Å². The molecule has 3 aromatic carbocycles. The van der Waals surface area contributed by atoms with Crippen LogP contribution in [-0.4, -0.2) is 29.3 Å². The maximum absolute atomic E-state index is 13.7. The highest BCUT2D eigenvalue weighted by Crippen LogP contribution is 2.18. The Morgan fingerprint density at radius 3 is 2.27 bits per heavy atom. The predicted molar refractivity (Wildman–Crippen MR) is 134 cm³/mol. The molecule has 1 atom stereocenters. The molecule has 2 amide bonds. The summed E-state index contributed by atoms with van der Waals surface area (Å²) in [5.41, 5.74) is 5.26. The number of hydrogen-bond acceptors (Lipinski definition) is 2. The predicted octanol–water partition coefficient (Wildman–Crippen LogP) is 5.01. The third kappa shape index (κ3) is 7.04. The summed E-state index contributed by atoms with van der Waals surface area (Å²) in [6, 6.07) is 25.4. The Morgan fingerprint density at radius 1 is 0.879 bits per heavy atom. The van der Waals surface area contributed by atoms with Gasteiger partial charge in [0, 0.05) is 19.5 Å². The molecule has 0 spiro atoms. The van der Waals surface area contributed by atoms with Gasteiger partial charge in [-0.3, -0.25) is 9.59 Å². The van der Waals surface area contributed by atoms with E-state index in [4.69, 9.17) is 0 Å². The van der Waals surface area contributed by atoms with Crippen LogP contribution in [0, 0.1) is 13.8 Å². The highest BCUT2D eigenvalue weighted by Gasteiger charge is 2.30. The van der Waals surface area contributed by atoms with Gasteiger partial charge in [0.2, 0.25) is 11.8 Å². The monoisotopic (exact) mass is 442 g/mol. The summed E-state index contributed by atoms with van der Waals surface area (Å²) >= 11 is 0. The van der Waals surface area contributed by atoms with Gasteiger partial charge in [-0.15, -0.1) is 0 Å². The molecular weight excluding hydrogens is 408 g/mol. The van der Waals surface area contributed by atoms with Crippen molar-refractivity contribution < 1.29 is 9.59 Å². The number of benzene rings is 3. The lowest BCUT2D eigenvalue weighted by atomic mass is 10.00. The van der Waals surface area contributed by atoms with Gasteiger partial charge in [0.15, 0.2) is 0 Å². The van der Waals surface area contributed by atoms with Crippen molar-refractivity contribution in [1.29, 1.82) is 0 Å². The summed E-state index contributed by atoms with van der Waals surface area (Å²) in [6.07, 6.45) is 1.59. The highest BCUT2D eigenvalue weighted by atomic mass is 16.2. The second kappa shape index (κ2) is 12.0. The number of nitrogens with zero attached hydrogens (tertiary/aromatic N) is 1. The molecule has 172 valence electrons. The van der Waals surface area contributed by atoms with Gasteiger partial charge in [-0.25, -0.2) is 0 Å². The van der Waals surface area contributed by atoms with Crippen molar-refractivity contribution in [2.45, 2.75) is 52.6 Å². The van der Waals surface area contributed by atoms with Crippen LogP contribution in [-0.2, 0) is 29.0 Å². The maximum atomic E-state index is 13.7. The fourth-order valence-electron chi connectivity index (χ4n) is 4.00. The summed E-state index contributed by atoms with van der Waals surface area (Å²) in [6.45, 7) is 7.07. The first-order valence-electron chi connectivity index (χ1n) is 11.7. The van der Waals surface area contributed by atoms with Gasteiger partial charge in [0.1, 0.15) is 6.04 Å². The Balaban J connectivity index is 1.96. The van der Waals surface area contributed by atoms with E-state index >= 15 is 0 Å². The lowest BCUT2D eigenvalue weighted by Crippen LogP contribution is -2.51. The summed E-state index contributed by atoms with van der Waals surface area (Å²) in [7, 11) is 0. The van der Waals surface area contributed by atoms with Crippen LogP contribution in [0.15, 0.2) is 78.9 Å². The van der Waals surface area contributed by atoms with Gasteiger partial charge >= 0.3 is 0 Å². The number of amides is 2. The van der Waals surface area contributed by atoms with Crippen molar-refractivity contribution in [3.8, 4) is 0 Å². The van der Waals surface area contributed by atoms with Gasteiger partial charge in [-0.05, 0) is 42.5 Å². The smallest absolute Gasteiger partial charge is 0.243 e. The Labute approximate surface area is 197 Å². The van der Waals surface area contributed by atoms with E-state index in [0.29, 0.717) is 19.5 Å². The van der Waals surface area contributed by atoms with E-state index in [1.165, 1.54) is 0 Å². The summed E-state index contributed by atoms with van der Waals surface area (Å²) < 4.78 is 0. The first-order valence-corrected chi connectivity index (χ1v) is 11.7. The normalized spacial score (nSPS) is 11.6. The second-order valence-corrected chi connectivity index (χ2v) is 8.61. The molecule has 1 unspecified atom stereocenters. The van der Waals surface area contributed by atoms with Gasteiger partial charge in [-0.1, -0.05) is 91.3 Å². The molecule has 3 aromatic rings. The van der Waals surface area contributed by atoms with E-state index in [0.717, 1.165) is 34.2 Å². The van der Waals surface area contributed by atoms with Crippen LogP contribution >= 0.6 is 0 Å². The zero-order valence-electron chi connectivity index (χ0n) is 19.9. The molecule has 0 aliphatic rings. The van der Waals surface area contributed by atoms with Crippen molar-refractivity contribution in [2.75, 3.05) is 6.54 Å². The quantitative estimate of drug-likeness (QED) is 0.480. The molecule has 1 N–H and O–H groups in total. The largest absolute Gasteiger partial charge is 0.354 e. The average molecular weight is 443 g/mol. The van der Waals surface area contributed by atoms with Crippen LogP contribution in [0.1, 0.15) is 41.2 Å². The zero-order chi connectivity index (χ0) is 23.6. The molecule has 0 saturated heterocycles. The van der Waals surface area contributed by atoms with Crippen molar-refractivity contribution in [1.82, 2.24) is 10.2 Å². The molecule has 0 saturated carbocycles. The molecule has 3 rings (SSSR count). The molecule has 4 heteroatoms. The summed E-state index contributed by atoms with van der Waals surface area (Å²) in [5, 5.41) is 3.03. The SMILES string of the molecule is CCCNC(=O)C(Cc1ccccc1)N(Cc1cccc(C)c1)C(=O)Cc1ccccc1C. The minimum atomic E-state index is -0.587. The Kier molecular flexibility index (Phi) is 8.82. The van der Waals surface area contributed by atoms with Crippen molar-refractivity contribution in [2.24, 2.45) is 0 Å². The van der Waals surface area contributed by atoms with Crippen molar-refractivity contribution in [3.05, 3.63) is 107 Å². The Bertz CT molecular complexity index is 1060. The number of rotatable bonds is 10. The number of carbonyl (C=O) groups is 2. The van der Waals surface area contributed by atoms with E-state index in [2.05, 4.69) is 11.4 Å². The Hall–Kier alpha value is -3.40. The lowest BCUT2D eigenvalue weighted by molar-refractivity contribution is -0.140. The highest BCUT2D eigenvalue weighted by molar-refractivity contribution is 5.89. The van der Waals surface area contributed by atoms with Crippen LogP contribution in [0.25, 0.3) is 0 Å². The topological polar surface area (TPSA) is 49.4 Å². The Morgan fingerprint density at radius 2 is 1.58 bits per heavy atom. The van der Waals surface area contributed by atoms with E-state index in [1.807, 2.05) is 93.6 Å². The molecule has 0 heterocycles. The van der Waals surface area contributed by atoms with Gasteiger partial charge in [-0.2, -0.15) is 0 Å². The molecule has 0 aromatic heterocycles. The van der Waals surface area contributed by atoms with Crippen LogP contribution < -0.4 is 5.32 Å². The third-order valence-electron chi connectivity index (χ3n) is 5.86. The standard InChI is InChI=1S/C29H34N2O2/c1-4-17-30-29(33)27(19-24-13-6-5-7-14-24)31(21-25-15-10-11-22(2)18-25)28(32)20-26-16-9-8-12-23(26)3/h5-16,18,27H,4,17,19-21H2,1-3H3,(H,30,33). The number of hydrogen-bond donors (Lipinski definition) is 1. The average Bonchev–Trinajstić information content (AvgIpc) is 2.82. The fourth-order valence-corrected chi connectivity index (χ4v) is 4.00. The molecular formula is C29H34N2O2. The van der Waals surface area contributed by atoms with E-state index in [9.17, 15) is 9.59 Å². The molecule has 0 bridgehead atoms. The number of aryl methyl sites for hydroxylation is 2. The van der Waals surface area contributed by atoms with Crippen molar-refractivity contribution >= 4 is 11.8 Å². The summed E-state index contributed by atoms with van der Waals surface area (Å²) in [4.78, 5) is 28.8. The van der Waals surface area contributed by atoms with E-state index in [-0.39, 0.29) is 18.2 Å². The fraction of sp³-hybridized carbons (Fsp3) is 0.310. The molecule has 0 aliphatic heterocycles. The van der Waals surface area contributed by atoms with Crippen LogP contribution in [0.2, 0.25) is 0 Å². The molecule has 0 radical (unpaired) electrons. The van der Waals surface area contributed by atoms with E-state index in [1.54, 1.807) is 4.90 Å². The molecule has 4 nitrogen and oxygen atoms in total. The molecule has 33 heavy (non-hydrogen) atoms. The van der Waals surface area contributed by atoms with Crippen LogP contribution in [0.4, 0.5) is 0 Å². The number of nitrogens with one attached hydrogen (secondary N) is 1. The van der Waals surface area contributed by atoms with E-state index < -0.39 is 6.04 Å². The molecule has 0 aliphatic carbocycles. The summed E-state index contributed by atoms with van der Waals surface area (Å²) in [5.74, 6) is -0.148.